The second-order valence-electron chi connectivity index (χ2n) is 3.93. The molecule has 0 aliphatic carbocycles. The van der Waals surface area contributed by atoms with E-state index in [0.29, 0.717) is 0 Å². The number of carbonyl (C=O) groups is 2. The van der Waals surface area contributed by atoms with Gasteiger partial charge in [-0.3, -0.25) is 9.59 Å². The Morgan fingerprint density at radius 3 is 2.71 bits per heavy atom. The number of carboxylic acids is 1. The predicted octanol–water partition coefficient (Wildman–Crippen LogP) is -0.0371. The zero-order valence-electron chi connectivity index (χ0n) is 11.0. The molecule has 1 heterocycles. The number of rotatable bonds is 8. The summed E-state index contributed by atoms with van der Waals surface area (Å²) in [5, 5.41) is 10.3. The standard InChI is InChI=1S/C12H14N2O5S2/c1-2-7-14(9-11(16)17)10(15)5-6-13-21(18,19)12-4-3-8-20-12/h1,3-4,8,13H,5-7,9H2,(H,16,17). The summed E-state index contributed by atoms with van der Waals surface area (Å²) in [4.78, 5) is 23.4. The number of nitrogens with zero attached hydrogens (tertiary/aromatic N) is 1. The number of aliphatic carboxylic acids is 1. The third kappa shape index (κ3) is 5.55. The SMILES string of the molecule is C#CCN(CC(=O)O)C(=O)CCNS(=O)(=O)c1cccs1. The van der Waals surface area contributed by atoms with Crippen molar-refractivity contribution in [3.05, 3.63) is 17.5 Å². The van der Waals surface area contributed by atoms with E-state index >= 15 is 0 Å². The lowest BCUT2D eigenvalue weighted by molar-refractivity contribution is -0.143. The first kappa shape index (κ1) is 17.2. The Hall–Kier alpha value is -1.89. The van der Waals surface area contributed by atoms with Gasteiger partial charge in [-0.1, -0.05) is 12.0 Å². The minimum Gasteiger partial charge on any atom is -0.480 e. The number of sulfonamides is 1. The monoisotopic (exact) mass is 330 g/mol. The summed E-state index contributed by atoms with van der Waals surface area (Å²) >= 11 is 1.06. The number of terminal acetylenes is 1. The lowest BCUT2D eigenvalue weighted by Gasteiger charge is -2.17. The molecular weight excluding hydrogens is 316 g/mol. The first-order valence-electron chi connectivity index (χ1n) is 5.83. The molecule has 0 spiro atoms. The molecule has 9 heteroatoms. The number of amides is 1. The lowest BCUT2D eigenvalue weighted by atomic mass is 10.3. The Labute approximate surface area is 126 Å². The fourth-order valence-electron chi connectivity index (χ4n) is 1.44. The lowest BCUT2D eigenvalue weighted by Crippen LogP contribution is -2.38. The summed E-state index contributed by atoms with van der Waals surface area (Å²) in [6.07, 6.45) is 4.89. The minimum atomic E-state index is -3.63. The molecule has 7 nitrogen and oxygen atoms in total. The van der Waals surface area contributed by atoms with Crippen molar-refractivity contribution in [3.8, 4) is 12.3 Å². The van der Waals surface area contributed by atoms with Gasteiger partial charge in [-0.05, 0) is 11.4 Å². The van der Waals surface area contributed by atoms with Gasteiger partial charge >= 0.3 is 5.97 Å². The van der Waals surface area contributed by atoms with Gasteiger partial charge in [0, 0.05) is 13.0 Å². The molecule has 0 unspecified atom stereocenters. The number of nitrogens with one attached hydrogen (secondary N) is 1. The largest absolute Gasteiger partial charge is 0.480 e. The Balaban J connectivity index is 2.52. The predicted molar refractivity (Wildman–Crippen MR) is 77.2 cm³/mol. The molecule has 1 amide bonds. The number of carbonyl (C=O) groups excluding carboxylic acids is 1. The topological polar surface area (TPSA) is 104 Å². The molecule has 0 aliphatic heterocycles. The van der Waals surface area contributed by atoms with Crippen molar-refractivity contribution in [3.63, 3.8) is 0 Å². The smallest absolute Gasteiger partial charge is 0.323 e. The molecule has 0 aromatic carbocycles. The van der Waals surface area contributed by atoms with Crippen molar-refractivity contribution in [1.29, 1.82) is 0 Å². The molecule has 0 saturated carbocycles. The van der Waals surface area contributed by atoms with Crippen molar-refractivity contribution < 1.29 is 23.1 Å². The van der Waals surface area contributed by atoms with Crippen LogP contribution in [0.15, 0.2) is 21.7 Å². The maximum Gasteiger partial charge on any atom is 0.323 e. The number of hydrogen-bond acceptors (Lipinski definition) is 5. The van der Waals surface area contributed by atoms with E-state index in [4.69, 9.17) is 11.5 Å². The Morgan fingerprint density at radius 2 is 2.19 bits per heavy atom. The molecule has 1 rings (SSSR count). The normalized spacial score (nSPS) is 10.8. The van der Waals surface area contributed by atoms with Crippen LogP contribution in [0.25, 0.3) is 0 Å². The third-order valence-corrected chi connectivity index (χ3v) is 5.21. The van der Waals surface area contributed by atoms with Crippen LogP contribution in [0.5, 0.6) is 0 Å². The summed E-state index contributed by atoms with van der Waals surface area (Å²) in [7, 11) is -3.63. The number of hydrogen-bond donors (Lipinski definition) is 2. The molecule has 1 aromatic heterocycles. The van der Waals surface area contributed by atoms with Crippen LogP contribution in [-0.2, 0) is 19.6 Å². The van der Waals surface area contributed by atoms with Crippen LogP contribution in [0.4, 0.5) is 0 Å². The minimum absolute atomic E-state index is 0.125. The highest BCUT2D eigenvalue weighted by atomic mass is 32.2. The molecule has 0 atom stereocenters. The van der Waals surface area contributed by atoms with Crippen LogP contribution in [0.3, 0.4) is 0 Å². The summed E-state index contributed by atoms with van der Waals surface area (Å²) in [6.45, 7) is -0.775. The molecule has 0 radical (unpaired) electrons. The van der Waals surface area contributed by atoms with Gasteiger partial charge in [0.1, 0.15) is 10.8 Å². The maximum absolute atomic E-state index is 11.8. The molecular formula is C12H14N2O5S2. The number of thiophene rings is 1. The van der Waals surface area contributed by atoms with E-state index in [2.05, 4.69) is 10.6 Å². The van der Waals surface area contributed by atoms with Crippen LogP contribution in [0.2, 0.25) is 0 Å². The second-order valence-corrected chi connectivity index (χ2v) is 6.87. The molecule has 0 bridgehead atoms. The highest BCUT2D eigenvalue weighted by Gasteiger charge is 2.18. The molecule has 114 valence electrons. The Bertz CT molecular complexity index is 631. The molecule has 1 aromatic rings. The fourth-order valence-corrected chi connectivity index (χ4v) is 3.51. The summed E-state index contributed by atoms with van der Waals surface area (Å²) in [5.74, 6) is 0.481. The van der Waals surface area contributed by atoms with Crippen molar-refractivity contribution in [2.24, 2.45) is 0 Å². The second kappa shape index (κ2) is 7.78. The van der Waals surface area contributed by atoms with Crippen molar-refractivity contribution in [2.75, 3.05) is 19.6 Å². The van der Waals surface area contributed by atoms with Crippen molar-refractivity contribution in [1.82, 2.24) is 9.62 Å². The van der Waals surface area contributed by atoms with E-state index in [1.54, 1.807) is 11.4 Å². The van der Waals surface area contributed by atoms with Crippen LogP contribution in [0, 0.1) is 12.3 Å². The van der Waals surface area contributed by atoms with Gasteiger partial charge in [-0.2, -0.15) is 0 Å². The fraction of sp³-hybridized carbons (Fsp3) is 0.333. The summed E-state index contributed by atoms with van der Waals surface area (Å²) in [6, 6.07) is 3.05. The van der Waals surface area contributed by atoms with E-state index < -0.39 is 28.4 Å². The zero-order valence-corrected chi connectivity index (χ0v) is 12.6. The van der Waals surface area contributed by atoms with E-state index in [-0.39, 0.29) is 23.7 Å². The van der Waals surface area contributed by atoms with Gasteiger partial charge in [0.2, 0.25) is 15.9 Å². The zero-order chi connectivity index (χ0) is 15.9. The van der Waals surface area contributed by atoms with Crippen LogP contribution in [0.1, 0.15) is 6.42 Å². The van der Waals surface area contributed by atoms with Crippen molar-refractivity contribution in [2.45, 2.75) is 10.6 Å². The van der Waals surface area contributed by atoms with Crippen LogP contribution < -0.4 is 4.72 Å². The maximum atomic E-state index is 11.8. The summed E-state index contributed by atoms with van der Waals surface area (Å²) in [5.41, 5.74) is 0. The first-order valence-corrected chi connectivity index (χ1v) is 8.19. The first-order chi connectivity index (χ1) is 9.86. The third-order valence-electron chi connectivity index (χ3n) is 2.35. The van der Waals surface area contributed by atoms with Gasteiger partial charge in [-0.15, -0.1) is 17.8 Å². The van der Waals surface area contributed by atoms with Crippen molar-refractivity contribution >= 4 is 33.2 Å². The van der Waals surface area contributed by atoms with Gasteiger partial charge in [0.15, 0.2) is 0 Å². The van der Waals surface area contributed by atoms with E-state index in [9.17, 15) is 18.0 Å². The van der Waals surface area contributed by atoms with E-state index in [1.165, 1.54) is 6.07 Å². The number of carboxylic acid groups (broad SMARTS) is 1. The van der Waals surface area contributed by atoms with Gasteiger partial charge in [0.25, 0.3) is 0 Å². The van der Waals surface area contributed by atoms with E-state index in [1.807, 2.05) is 0 Å². The highest BCUT2D eigenvalue weighted by molar-refractivity contribution is 7.91. The molecule has 2 N–H and O–H groups in total. The van der Waals surface area contributed by atoms with Crippen LogP contribution in [-0.4, -0.2) is 49.9 Å². The van der Waals surface area contributed by atoms with Gasteiger partial charge in [0.05, 0.1) is 6.54 Å². The highest BCUT2D eigenvalue weighted by Crippen LogP contribution is 2.15. The molecule has 0 fully saturated rings. The molecule has 21 heavy (non-hydrogen) atoms. The molecule has 0 saturated heterocycles. The Kier molecular flexibility index (Phi) is 6.36. The van der Waals surface area contributed by atoms with Gasteiger partial charge < -0.3 is 10.0 Å². The van der Waals surface area contributed by atoms with Gasteiger partial charge in [-0.25, -0.2) is 13.1 Å². The Morgan fingerprint density at radius 1 is 1.48 bits per heavy atom. The summed E-state index contributed by atoms with van der Waals surface area (Å²) < 4.78 is 26.0. The quantitative estimate of drug-likeness (QED) is 0.651. The average molecular weight is 330 g/mol. The van der Waals surface area contributed by atoms with Crippen LogP contribution >= 0.6 is 11.3 Å². The molecule has 0 aliphatic rings. The average Bonchev–Trinajstić information content (AvgIpc) is 2.92. The van der Waals surface area contributed by atoms with E-state index in [0.717, 1.165) is 16.2 Å².